The van der Waals surface area contributed by atoms with E-state index < -0.39 is 15.4 Å². The zero-order valence-electron chi connectivity index (χ0n) is 16.2. The summed E-state index contributed by atoms with van der Waals surface area (Å²) in [7, 11) is -3.59. The molecule has 2 aliphatic heterocycles. The van der Waals surface area contributed by atoms with Gasteiger partial charge >= 0.3 is 0 Å². The number of hydrogen-bond acceptors (Lipinski definition) is 6. The molecule has 0 radical (unpaired) electrons. The van der Waals surface area contributed by atoms with Gasteiger partial charge in [-0.25, -0.2) is 13.4 Å². The van der Waals surface area contributed by atoms with Crippen LogP contribution in [-0.4, -0.2) is 42.7 Å². The van der Waals surface area contributed by atoms with Crippen molar-refractivity contribution in [2.45, 2.75) is 50.0 Å². The van der Waals surface area contributed by atoms with Crippen LogP contribution in [0.4, 0.5) is 10.8 Å². The minimum absolute atomic E-state index is 0.110. The highest BCUT2D eigenvalue weighted by molar-refractivity contribution is 7.89. The third kappa shape index (κ3) is 3.31. The number of aromatic nitrogens is 1. The Bertz CT molecular complexity index is 1020. The second-order valence-corrected chi connectivity index (χ2v) is 10.7. The van der Waals surface area contributed by atoms with E-state index in [4.69, 9.17) is 0 Å². The lowest BCUT2D eigenvalue weighted by Crippen LogP contribution is -2.42. The molecule has 0 aliphatic carbocycles. The van der Waals surface area contributed by atoms with E-state index in [9.17, 15) is 13.2 Å². The van der Waals surface area contributed by atoms with E-state index in [1.165, 1.54) is 4.31 Å². The van der Waals surface area contributed by atoms with E-state index in [-0.39, 0.29) is 16.8 Å². The Balaban J connectivity index is 1.48. The average molecular weight is 421 g/mol. The molecule has 4 rings (SSSR count). The number of nitrogens with zero attached hydrogens (tertiary/aromatic N) is 2. The van der Waals surface area contributed by atoms with Crippen molar-refractivity contribution in [2.24, 2.45) is 0 Å². The van der Waals surface area contributed by atoms with Crippen LogP contribution in [0.3, 0.4) is 0 Å². The first-order chi connectivity index (χ1) is 13.2. The molecule has 1 saturated heterocycles. The molecule has 7 nitrogen and oxygen atoms in total. The number of aryl methyl sites for hydroxylation is 1. The lowest BCUT2D eigenvalue weighted by atomic mass is 9.86. The van der Waals surface area contributed by atoms with Gasteiger partial charge in [0.1, 0.15) is 0 Å². The number of sulfonamides is 1. The zero-order chi connectivity index (χ0) is 20.1. The van der Waals surface area contributed by atoms with Crippen LogP contribution in [0.2, 0.25) is 0 Å². The minimum atomic E-state index is -3.59. The maximum Gasteiger partial charge on any atom is 0.243 e. The van der Waals surface area contributed by atoms with Crippen LogP contribution in [0.15, 0.2) is 28.5 Å². The molecule has 3 heterocycles. The molecule has 0 bridgehead atoms. The Morgan fingerprint density at radius 2 is 2.00 bits per heavy atom. The number of fused-ring (bicyclic) bond motifs is 1. The number of rotatable bonds is 4. The number of thiazole rings is 1. The summed E-state index contributed by atoms with van der Waals surface area (Å²) in [6.07, 6.45) is 1.46. The van der Waals surface area contributed by atoms with Crippen LogP contribution >= 0.6 is 11.3 Å². The fourth-order valence-corrected chi connectivity index (χ4v) is 5.96. The summed E-state index contributed by atoms with van der Waals surface area (Å²) in [6.45, 7) is 6.49. The highest BCUT2D eigenvalue weighted by Crippen LogP contribution is 2.39. The molecule has 0 saturated carbocycles. The number of amides is 1. The zero-order valence-corrected chi connectivity index (χ0v) is 17.8. The molecule has 1 aromatic carbocycles. The van der Waals surface area contributed by atoms with Gasteiger partial charge in [0.15, 0.2) is 5.13 Å². The number of carbonyl (C=O) groups is 1. The number of anilines is 2. The Labute approximate surface area is 169 Å². The topological polar surface area (TPSA) is 91.4 Å². The first kappa shape index (κ1) is 19.4. The summed E-state index contributed by atoms with van der Waals surface area (Å²) in [4.78, 5) is 16.8. The highest BCUT2D eigenvalue weighted by Gasteiger charge is 2.40. The third-order valence-electron chi connectivity index (χ3n) is 5.52. The summed E-state index contributed by atoms with van der Waals surface area (Å²) in [5.41, 5.74) is 1.67. The molecule has 1 aromatic heterocycles. The molecule has 1 fully saturated rings. The monoisotopic (exact) mass is 420 g/mol. The molecule has 0 spiro atoms. The van der Waals surface area contributed by atoms with Crippen LogP contribution in [0.5, 0.6) is 0 Å². The summed E-state index contributed by atoms with van der Waals surface area (Å²) >= 11 is 1.57. The second kappa shape index (κ2) is 6.82. The van der Waals surface area contributed by atoms with Crippen LogP contribution in [-0.2, 0) is 20.2 Å². The van der Waals surface area contributed by atoms with Gasteiger partial charge in [0.25, 0.3) is 0 Å². The summed E-state index contributed by atoms with van der Waals surface area (Å²) in [5, 5.41) is 9.10. The maximum atomic E-state index is 13.1. The summed E-state index contributed by atoms with van der Waals surface area (Å²) in [6, 6.07) is 5.13. The van der Waals surface area contributed by atoms with Crippen LogP contribution in [0.25, 0.3) is 0 Å². The van der Waals surface area contributed by atoms with E-state index in [1.807, 2.05) is 26.2 Å². The van der Waals surface area contributed by atoms with Gasteiger partial charge in [0.05, 0.1) is 16.0 Å². The third-order valence-corrected chi connectivity index (χ3v) is 8.30. The van der Waals surface area contributed by atoms with Crippen molar-refractivity contribution in [3.05, 3.63) is 34.8 Å². The van der Waals surface area contributed by atoms with Crippen molar-refractivity contribution in [2.75, 3.05) is 23.7 Å². The Morgan fingerprint density at radius 3 is 2.64 bits per heavy atom. The number of carbonyl (C=O) groups excluding carboxylic acids is 1. The van der Waals surface area contributed by atoms with Crippen LogP contribution in [0, 0.1) is 6.92 Å². The first-order valence-electron chi connectivity index (χ1n) is 9.33. The quantitative estimate of drug-likeness (QED) is 0.794. The molecule has 2 N–H and O–H groups in total. The summed E-state index contributed by atoms with van der Waals surface area (Å²) < 4.78 is 27.8. The Hall–Kier alpha value is -1.97. The van der Waals surface area contributed by atoms with Crippen molar-refractivity contribution < 1.29 is 13.2 Å². The summed E-state index contributed by atoms with van der Waals surface area (Å²) in [5.74, 6) is -0.110. The molecule has 2 aromatic rings. The smallest absolute Gasteiger partial charge is 0.243 e. The van der Waals surface area contributed by atoms with E-state index >= 15 is 0 Å². The van der Waals surface area contributed by atoms with Gasteiger partial charge < -0.3 is 10.6 Å². The molecule has 2 aliphatic rings. The fraction of sp³-hybridized carbons (Fsp3) is 0.474. The van der Waals surface area contributed by atoms with Gasteiger partial charge in [-0.15, -0.1) is 11.3 Å². The fourth-order valence-electron chi connectivity index (χ4n) is 3.70. The predicted molar refractivity (Wildman–Crippen MR) is 110 cm³/mol. The molecule has 0 unspecified atom stereocenters. The van der Waals surface area contributed by atoms with Crippen molar-refractivity contribution in [3.63, 3.8) is 0 Å². The Morgan fingerprint density at radius 1 is 1.29 bits per heavy atom. The van der Waals surface area contributed by atoms with Crippen molar-refractivity contribution in [1.82, 2.24) is 9.29 Å². The Kier molecular flexibility index (Phi) is 4.71. The SMILES string of the molecule is Cc1csc(NC2CCN(S(=O)(=O)c3ccc4c(c3)C(C)(C)C(=O)N4)CC2)n1. The largest absolute Gasteiger partial charge is 0.359 e. The molecule has 9 heteroatoms. The van der Waals surface area contributed by atoms with E-state index in [0.717, 1.165) is 29.2 Å². The number of benzene rings is 1. The molecule has 150 valence electrons. The molecule has 0 atom stereocenters. The van der Waals surface area contributed by atoms with Gasteiger partial charge in [-0.3, -0.25) is 4.79 Å². The number of hydrogen-bond donors (Lipinski definition) is 2. The second-order valence-electron chi connectivity index (χ2n) is 7.90. The normalized spacial score (nSPS) is 20.0. The van der Waals surface area contributed by atoms with Gasteiger partial charge in [-0.1, -0.05) is 0 Å². The highest BCUT2D eigenvalue weighted by atomic mass is 32.2. The predicted octanol–water partition coefficient (Wildman–Crippen LogP) is 2.95. The first-order valence-corrected chi connectivity index (χ1v) is 11.6. The standard InChI is InChI=1S/C19H24N4O3S2/c1-12-11-27-18(20-12)21-13-6-8-23(9-7-13)28(25,26)14-4-5-16-15(10-14)19(2,3)17(24)22-16/h4-5,10-11,13H,6-9H2,1-3H3,(H,20,21)(H,22,24). The molecular formula is C19H24N4O3S2. The van der Waals surface area contributed by atoms with Gasteiger partial charge in [0.2, 0.25) is 15.9 Å². The molecule has 1 amide bonds. The number of piperidine rings is 1. The van der Waals surface area contributed by atoms with Crippen molar-refractivity contribution in [3.8, 4) is 0 Å². The van der Waals surface area contributed by atoms with Crippen LogP contribution in [0.1, 0.15) is 37.9 Å². The number of nitrogens with one attached hydrogen (secondary N) is 2. The van der Waals surface area contributed by atoms with Crippen molar-refractivity contribution in [1.29, 1.82) is 0 Å². The molecular weight excluding hydrogens is 396 g/mol. The van der Waals surface area contributed by atoms with Crippen LogP contribution < -0.4 is 10.6 Å². The maximum absolute atomic E-state index is 13.1. The van der Waals surface area contributed by atoms with Gasteiger partial charge in [-0.2, -0.15) is 4.31 Å². The molecule has 28 heavy (non-hydrogen) atoms. The average Bonchev–Trinajstić information content (AvgIpc) is 3.16. The lowest BCUT2D eigenvalue weighted by Gasteiger charge is -2.31. The lowest BCUT2D eigenvalue weighted by molar-refractivity contribution is -0.119. The van der Waals surface area contributed by atoms with E-state index in [1.54, 1.807) is 29.5 Å². The van der Waals surface area contributed by atoms with Gasteiger partial charge in [-0.05, 0) is 57.4 Å². The minimum Gasteiger partial charge on any atom is -0.359 e. The van der Waals surface area contributed by atoms with Crippen molar-refractivity contribution >= 4 is 38.1 Å². The van der Waals surface area contributed by atoms with Gasteiger partial charge in [0, 0.05) is 30.2 Å². The van der Waals surface area contributed by atoms with E-state index in [2.05, 4.69) is 15.6 Å². The van der Waals surface area contributed by atoms with E-state index in [0.29, 0.717) is 18.8 Å².